The lowest BCUT2D eigenvalue weighted by Crippen LogP contribution is -2.45. The fourth-order valence-electron chi connectivity index (χ4n) is 4.29. The summed E-state index contributed by atoms with van der Waals surface area (Å²) < 4.78 is 41.0. The van der Waals surface area contributed by atoms with E-state index in [9.17, 15) is 13.2 Å². The maximum absolute atomic E-state index is 14.2. The Bertz CT molecular complexity index is 1280. The van der Waals surface area contributed by atoms with E-state index < -0.39 is 39.1 Å². The summed E-state index contributed by atoms with van der Waals surface area (Å²) in [7, 11) is -3.91. The van der Waals surface area contributed by atoms with E-state index in [-0.39, 0.29) is 11.5 Å². The molecule has 0 saturated heterocycles. The van der Waals surface area contributed by atoms with E-state index in [1.165, 1.54) is 12.3 Å². The quantitative estimate of drug-likeness (QED) is 0.169. The molecule has 0 fully saturated rings. The number of sulfonamides is 1. The molecule has 0 radical (unpaired) electrons. The topological polar surface area (TPSA) is 72.9 Å². The molecule has 200 valence electrons. The Morgan fingerprint density at radius 1 is 1.03 bits per heavy atom. The Labute approximate surface area is 226 Å². The molecule has 0 unspecified atom stereocenters. The van der Waals surface area contributed by atoms with Gasteiger partial charge in [0.1, 0.15) is 12.2 Å². The third-order valence-electron chi connectivity index (χ3n) is 5.93. The molecular formula is C29H36ClNO5S. The van der Waals surface area contributed by atoms with Gasteiger partial charge >= 0.3 is 5.97 Å². The average molecular weight is 546 g/mol. The van der Waals surface area contributed by atoms with E-state index in [4.69, 9.17) is 21.1 Å². The van der Waals surface area contributed by atoms with Gasteiger partial charge < -0.3 is 9.47 Å². The van der Waals surface area contributed by atoms with Crippen molar-refractivity contribution in [2.75, 3.05) is 6.61 Å². The van der Waals surface area contributed by atoms with Gasteiger partial charge in [-0.05, 0) is 68.0 Å². The van der Waals surface area contributed by atoms with Crippen LogP contribution in [-0.4, -0.2) is 36.9 Å². The molecule has 8 heteroatoms. The van der Waals surface area contributed by atoms with Gasteiger partial charge in [-0.3, -0.25) is 0 Å². The molecule has 1 heterocycles. The number of aryl methyl sites for hydroxylation is 1. The maximum atomic E-state index is 14.2. The van der Waals surface area contributed by atoms with Gasteiger partial charge in [0.2, 0.25) is 10.0 Å². The van der Waals surface area contributed by atoms with E-state index in [0.717, 1.165) is 11.1 Å². The summed E-state index contributed by atoms with van der Waals surface area (Å²) in [6.45, 7) is 13.3. The van der Waals surface area contributed by atoms with Crippen LogP contribution in [0, 0.1) is 12.3 Å². The molecule has 1 aliphatic rings. The maximum Gasteiger partial charge on any atom is 0.334 e. The number of hydrogen-bond acceptors (Lipinski definition) is 5. The van der Waals surface area contributed by atoms with Gasteiger partial charge in [-0.2, -0.15) is 4.31 Å². The minimum Gasteiger partial charge on any atom is -0.497 e. The third-order valence-corrected chi connectivity index (χ3v) is 8.19. The molecule has 0 aliphatic carbocycles. The molecular weight excluding hydrogens is 510 g/mol. The Hall–Kier alpha value is -2.61. The summed E-state index contributed by atoms with van der Waals surface area (Å²) in [6.07, 6.45) is 4.48. The van der Waals surface area contributed by atoms with Crippen LogP contribution in [0.3, 0.4) is 0 Å². The fraction of sp³-hybridized carbons (Fsp3) is 0.414. The van der Waals surface area contributed by atoms with Crippen LogP contribution in [0.15, 0.2) is 77.4 Å². The summed E-state index contributed by atoms with van der Waals surface area (Å²) >= 11 is 6.15. The predicted molar refractivity (Wildman–Crippen MR) is 147 cm³/mol. The molecule has 0 saturated carbocycles. The first-order valence-corrected chi connectivity index (χ1v) is 14.0. The van der Waals surface area contributed by atoms with Crippen molar-refractivity contribution in [3.05, 3.63) is 88.7 Å². The van der Waals surface area contributed by atoms with Crippen molar-refractivity contribution < 1.29 is 22.7 Å². The highest BCUT2D eigenvalue weighted by atomic mass is 35.5. The highest BCUT2D eigenvalue weighted by Gasteiger charge is 2.48. The van der Waals surface area contributed by atoms with Crippen molar-refractivity contribution >= 4 is 27.6 Å². The van der Waals surface area contributed by atoms with E-state index in [1.807, 2.05) is 45.0 Å². The molecule has 2 aromatic rings. The number of rotatable bonds is 7. The first kappa shape index (κ1) is 29.0. The Balaban J connectivity index is 2.03. The number of hydrogen-bond donors (Lipinski definition) is 0. The molecule has 1 aliphatic heterocycles. The van der Waals surface area contributed by atoms with Crippen LogP contribution in [0.1, 0.15) is 58.7 Å². The monoisotopic (exact) mass is 545 g/mol. The second-order valence-electron chi connectivity index (χ2n) is 11.3. The zero-order valence-electron chi connectivity index (χ0n) is 22.5. The van der Waals surface area contributed by atoms with E-state index in [0.29, 0.717) is 10.6 Å². The normalized spacial score (nSPS) is 19.2. The summed E-state index contributed by atoms with van der Waals surface area (Å²) in [4.78, 5) is 12.3. The Kier molecular flexibility index (Phi) is 8.62. The smallest absolute Gasteiger partial charge is 0.334 e. The lowest BCUT2D eigenvalue weighted by Gasteiger charge is -2.37. The second kappa shape index (κ2) is 11.0. The van der Waals surface area contributed by atoms with E-state index >= 15 is 0 Å². The molecule has 6 nitrogen and oxygen atoms in total. The third kappa shape index (κ3) is 7.03. The highest BCUT2D eigenvalue weighted by Crippen LogP contribution is 2.46. The van der Waals surface area contributed by atoms with Crippen LogP contribution in [0.5, 0.6) is 0 Å². The Morgan fingerprint density at radius 2 is 1.65 bits per heavy atom. The molecule has 0 bridgehead atoms. The standard InChI is InChI=1S/C29H36ClNO5S/c1-20-10-8-9-11-24(20)37(33,34)31-25(28(2,3)4)18-22(27(31)21-12-14-23(30)15-13-21)19-35-17-16-26(32)36-29(5,6)7/h8-18,25,27H,19H2,1-7H3/b17-16+/t25-,27-/m0/s1. The van der Waals surface area contributed by atoms with Crippen molar-refractivity contribution in [3.63, 3.8) is 0 Å². The zero-order valence-corrected chi connectivity index (χ0v) is 24.1. The highest BCUT2D eigenvalue weighted by molar-refractivity contribution is 7.89. The first-order chi connectivity index (χ1) is 17.1. The number of halogens is 1. The fourth-order valence-corrected chi connectivity index (χ4v) is 6.58. The van der Waals surface area contributed by atoms with Gasteiger partial charge in [-0.1, -0.05) is 68.8 Å². The molecule has 2 atom stereocenters. The minimum absolute atomic E-state index is 0.0962. The van der Waals surface area contributed by atoms with Gasteiger partial charge in [-0.15, -0.1) is 0 Å². The minimum atomic E-state index is -3.91. The van der Waals surface area contributed by atoms with Crippen LogP contribution in [-0.2, 0) is 24.3 Å². The zero-order chi connectivity index (χ0) is 27.6. The van der Waals surface area contributed by atoms with Crippen molar-refractivity contribution in [2.24, 2.45) is 5.41 Å². The number of nitrogens with zero attached hydrogens (tertiary/aromatic N) is 1. The van der Waals surface area contributed by atoms with E-state index in [1.54, 1.807) is 62.3 Å². The molecule has 0 N–H and O–H groups in total. The largest absolute Gasteiger partial charge is 0.497 e. The van der Waals surface area contributed by atoms with Crippen LogP contribution in [0.2, 0.25) is 5.02 Å². The first-order valence-electron chi connectivity index (χ1n) is 12.2. The van der Waals surface area contributed by atoms with Crippen LogP contribution in [0.25, 0.3) is 0 Å². The number of carbonyl (C=O) groups is 1. The molecule has 0 spiro atoms. The SMILES string of the molecule is Cc1ccccc1S(=O)(=O)N1[C@@H](c2ccc(Cl)cc2)C(CO/C=C/C(=O)OC(C)(C)C)=C[C@H]1C(C)(C)C. The summed E-state index contributed by atoms with van der Waals surface area (Å²) in [5, 5.41) is 0.560. The summed E-state index contributed by atoms with van der Waals surface area (Å²) in [6, 6.07) is 13.1. The molecule has 2 aromatic carbocycles. The van der Waals surface area contributed by atoms with Crippen molar-refractivity contribution in [2.45, 2.75) is 71.0 Å². The van der Waals surface area contributed by atoms with Crippen molar-refractivity contribution in [3.8, 4) is 0 Å². The van der Waals surface area contributed by atoms with Gasteiger partial charge in [0.05, 0.1) is 23.3 Å². The van der Waals surface area contributed by atoms with Crippen LogP contribution >= 0.6 is 11.6 Å². The van der Waals surface area contributed by atoms with Crippen LogP contribution < -0.4 is 0 Å². The van der Waals surface area contributed by atoms with Crippen molar-refractivity contribution in [1.82, 2.24) is 4.31 Å². The van der Waals surface area contributed by atoms with Crippen molar-refractivity contribution in [1.29, 1.82) is 0 Å². The summed E-state index contributed by atoms with van der Waals surface area (Å²) in [5.74, 6) is -0.515. The number of esters is 1. The van der Waals surface area contributed by atoms with Crippen LogP contribution in [0.4, 0.5) is 0 Å². The number of benzene rings is 2. The van der Waals surface area contributed by atoms with Gasteiger partial charge in [0.15, 0.2) is 0 Å². The molecule has 0 aromatic heterocycles. The lowest BCUT2D eigenvalue weighted by molar-refractivity contribution is -0.148. The molecule has 0 amide bonds. The lowest BCUT2D eigenvalue weighted by atomic mass is 9.87. The molecule has 3 rings (SSSR count). The number of ether oxygens (including phenoxy) is 2. The molecule has 37 heavy (non-hydrogen) atoms. The second-order valence-corrected chi connectivity index (χ2v) is 13.5. The van der Waals surface area contributed by atoms with Gasteiger partial charge in [-0.25, -0.2) is 13.2 Å². The van der Waals surface area contributed by atoms with E-state index in [2.05, 4.69) is 0 Å². The predicted octanol–water partition coefficient (Wildman–Crippen LogP) is 6.61. The Morgan fingerprint density at radius 3 is 2.22 bits per heavy atom. The number of carbonyl (C=O) groups excluding carboxylic acids is 1. The van der Waals surface area contributed by atoms with Gasteiger partial charge in [0, 0.05) is 11.1 Å². The average Bonchev–Trinajstić information content (AvgIpc) is 3.17. The van der Waals surface area contributed by atoms with Gasteiger partial charge in [0.25, 0.3) is 0 Å². The summed E-state index contributed by atoms with van der Waals surface area (Å²) in [5.41, 5.74) is 1.20.